The summed E-state index contributed by atoms with van der Waals surface area (Å²) in [5, 5.41) is 5.21. The van der Waals surface area contributed by atoms with Gasteiger partial charge in [0.25, 0.3) is 17.7 Å². The third-order valence-corrected chi connectivity index (χ3v) is 6.92. The fourth-order valence-electron chi connectivity index (χ4n) is 3.36. The lowest BCUT2D eigenvalue weighted by atomic mass is 10.1. The van der Waals surface area contributed by atoms with Gasteiger partial charge in [0.15, 0.2) is 6.61 Å². The average Bonchev–Trinajstić information content (AvgIpc) is 2.83. The minimum absolute atomic E-state index is 0.206. The second-order valence-electron chi connectivity index (χ2n) is 7.56. The summed E-state index contributed by atoms with van der Waals surface area (Å²) in [6, 6.07) is 15.7. The van der Waals surface area contributed by atoms with Crippen LogP contribution in [0.5, 0.6) is 5.75 Å². The maximum atomic E-state index is 13.2. The van der Waals surface area contributed by atoms with Gasteiger partial charge in [0.05, 0.1) is 20.9 Å². The maximum absolute atomic E-state index is 13.2. The molecule has 0 bridgehead atoms. The molecule has 1 fully saturated rings. The Kier molecular flexibility index (Phi) is 8.48. The van der Waals surface area contributed by atoms with Gasteiger partial charge in [0.2, 0.25) is 0 Å². The van der Waals surface area contributed by atoms with E-state index in [1.165, 1.54) is 6.08 Å². The highest BCUT2D eigenvalue weighted by molar-refractivity contribution is 9.11. The molecule has 0 unspecified atom stereocenters. The van der Waals surface area contributed by atoms with Crippen LogP contribution in [0.1, 0.15) is 5.56 Å². The van der Waals surface area contributed by atoms with Gasteiger partial charge in [-0.15, -0.1) is 0 Å². The summed E-state index contributed by atoms with van der Waals surface area (Å²) in [7, 11) is 0. The summed E-state index contributed by atoms with van der Waals surface area (Å²) in [6.45, 7) is -0.384. The molecule has 1 aliphatic rings. The van der Waals surface area contributed by atoms with E-state index in [4.69, 9.17) is 16.3 Å². The zero-order valence-electron chi connectivity index (χ0n) is 18.6. The Labute approximate surface area is 241 Å². The number of rotatable bonds is 6. The van der Waals surface area contributed by atoms with Crippen molar-refractivity contribution in [1.29, 1.82) is 0 Å². The van der Waals surface area contributed by atoms with Gasteiger partial charge in [-0.1, -0.05) is 55.6 Å². The van der Waals surface area contributed by atoms with Crippen molar-refractivity contribution in [2.45, 2.75) is 0 Å². The van der Waals surface area contributed by atoms with Crippen LogP contribution in [0.4, 0.5) is 16.2 Å². The van der Waals surface area contributed by atoms with E-state index < -0.39 is 23.8 Å². The first-order chi connectivity index (χ1) is 17.6. The Balaban J connectivity index is 1.63. The van der Waals surface area contributed by atoms with Crippen LogP contribution >= 0.6 is 59.4 Å². The number of nitrogens with zero attached hydrogens (tertiary/aromatic N) is 1. The molecule has 3 aromatic carbocycles. The fourth-order valence-corrected chi connectivity index (χ4v) is 5.18. The van der Waals surface area contributed by atoms with Crippen molar-refractivity contribution in [1.82, 2.24) is 5.32 Å². The molecule has 1 aliphatic heterocycles. The lowest BCUT2D eigenvalue weighted by molar-refractivity contribution is -0.122. The third kappa shape index (κ3) is 6.30. The number of ether oxygens (including phenoxy) is 1. The summed E-state index contributed by atoms with van der Waals surface area (Å²) >= 11 is 16.2. The van der Waals surface area contributed by atoms with Gasteiger partial charge in [-0.05, 0) is 70.5 Å². The van der Waals surface area contributed by atoms with Gasteiger partial charge >= 0.3 is 6.03 Å². The lowest BCUT2D eigenvalue weighted by Gasteiger charge is -2.26. The Morgan fingerprint density at radius 1 is 1.00 bits per heavy atom. The topological polar surface area (TPSA) is 105 Å². The first kappa shape index (κ1) is 27.1. The van der Waals surface area contributed by atoms with Crippen molar-refractivity contribution < 1.29 is 23.9 Å². The summed E-state index contributed by atoms with van der Waals surface area (Å²) < 4.78 is 7.59. The maximum Gasteiger partial charge on any atom is 0.335 e. The molecular formula is C25H15Br3ClN3O5. The van der Waals surface area contributed by atoms with Crippen LogP contribution < -0.4 is 20.3 Å². The molecule has 3 aromatic rings. The molecule has 5 amide bonds. The van der Waals surface area contributed by atoms with Gasteiger partial charge in [0.1, 0.15) is 11.3 Å². The first-order valence-electron chi connectivity index (χ1n) is 10.5. The van der Waals surface area contributed by atoms with E-state index in [1.54, 1.807) is 60.7 Å². The average molecular weight is 713 g/mol. The van der Waals surface area contributed by atoms with Crippen LogP contribution in [0.25, 0.3) is 6.08 Å². The molecule has 1 heterocycles. The molecule has 4 rings (SSSR count). The Morgan fingerprint density at radius 2 is 1.70 bits per heavy atom. The number of anilines is 2. The fraction of sp³-hybridized carbons (Fsp3) is 0.0400. The molecule has 8 nitrogen and oxygen atoms in total. The highest BCUT2D eigenvalue weighted by atomic mass is 79.9. The molecule has 0 aliphatic carbocycles. The van der Waals surface area contributed by atoms with Crippen LogP contribution in [0, 0.1) is 0 Å². The molecule has 2 N–H and O–H groups in total. The zero-order valence-corrected chi connectivity index (χ0v) is 24.1. The predicted octanol–water partition coefficient (Wildman–Crippen LogP) is 6.31. The Morgan fingerprint density at radius 3 is 2.41 bits per heavy atom. The second-order valence-corrected chi connectivity index (χ2v) is 10.6. The molecule has 188 valence electrons. The molecule has 12 heteroatoms. The van der Waals surface area contributed by atoms with Crippen molar-refractivity contribution in [3.05, 3.63) is 90.2 Å². The molecule has 0 radical (unpaired) electrons. The van der Waals surface area contributed by atoms with E-state index in [-0.39, 0.29) is 23.6 Å². The number of carbonyl (C=O) groups excluding carboxylic acids is 4. The number of amides is 5. The van der Waals surface area contributed by atoms with Gasteiger partial charge < -0.3 is 10.1 Å². The van der Waals surface area contributed by atoms with E-state index in [9.17, 15) is 19.2 Å². The van der Waals surface area contributed by atoms with E-state index in [2.05, 4.69) is 58.4 Å². The summed E-state index contributed by atoms with van der Waals surface area (Å²) in [4.78, 5) is 51.7. The summed E-state index contributed by atoms with van der Waals surface area (Å²) in [5.74, 6) is -1.94. The first-order valence-corrected chi connectivity index (χ1v) is 13.2. The number of hydrogen-bond donors (Lipinski definition) is 2. The van der Waals surface area contributed by atoms with Crippen LogP contribution in [0.3, 0.4) is 0 Å². The Bertz CT molecular complexity index is 1460. The highest BCUT2D eigenvalue weighted by Gasteiger charge is 2.37. The molecule has 37 heavy (non-hydrogen) atoms. The van der Waals surface area contributed by atoms with Gasteiger partial charge in [-0.3, -0.25) is 19.7 Å². The lowest BCUT2D eigenvalue weighted by Crippen LogP contribution is -2.54. The normalized spacial score (nSPS) is 14.5. The van der Waals surface area contributed by atoms with Gasteiger partial charge in [-0.2, -0.15) is 0 Å². The monoisotopic (exact) mass is 709 g/mol. The zero-order chi connectivity index (χ0) is 26.7. The number of nitrogens with one attached hydrogen (secondary N) is 2. The van der Waals surface area contributed by atoms with Crippen molar-refractivity contribution in [3.8, 4) is 5.75 Å². The smallest absolute Gasteiger partial charge is 0.335 e. The van der Waals surface area contributed by atoms with E-state index >= 15 is 0 Å². The number of barbiturate groups is 1. The molecule has 0 aromatic heterocycles. The molecule has 0 atom stereocenters. The molecule has 1 saturated heterocycles. The van der Waals surface area contributed by atoms with Crippen LogP contribution in [-0.4, -0.2) is 30.4 Å². The summed E-state index contributed by atoms with van der Waals surface area (Å²) in [6.07, 6.45) is 1.30. The Hall–Kier alpha value is -2.99. The number of imide groups is 2. The number of benzene rings is 3. The molecular weight excluding hydrogens is 697 g/mol. The number of urea groups is 1. The number of halogens is 4. The van der Waals surface area contributed by atoms with E-state index in [0.29, 0.717) is 25.2 Å². The molecule has 0 saturated carbocycles. The number of para-hydroxylation sites is 1. The van der Waals surface area contributed by atoms with Crippen molar-refractivity contribution in [2.24, 2.45) is 0 Å². The number of hydrogen-bond acceptors (Lipinski definition) is 5. The van der Waals surface area contributed by atoms with Crippen LogP contribution in [-0.2, 0) is 14.4 Å². The molecule has 0 spiro atoms. The van der Waals surface area contributed by atoms with Gasteiger partial charge in [-0.25, -0.2) is 9.69 Å². The van der Waals surface area contributed by atoms with Crippen molar-refractivity contribution in [3.63, 3.8) is 0 Å². The van der Waals surface area contributed by atoms with E-state index in [0.717, 1.165) is 9.37 Å². The predicted molar refractivity (Wildman–Crippen MR) is 151 cm³/mol. The van der Waals surface area contributed by atoms with Crippen LogP contribution in [0.2, 0.25) is 5.02 Å². The minimum Gasteiger partial charge on any atom is -0.482 e. The van der Waals surface area contributed by atoms with Crippen molar-refractivity contribution in [2.75, 3.05) is 16.8 Å². The van der Waals surface area contributed by atoms with Crippen molar-refractivity contribution >= 4 is 101 Å². The highest BCUT2D eigenvalue weighted by Crippen LogP contribution is 2.35. The third-order valence-electron chi connectivity index (χ3n) is 5.02. The SMILES string of the molecule is O=C(COc1c(Br)cc(Br)cc1/C=C1\C(=O)NC(=O)N(c2ccc(Br)cc2)C1=O)Nc1ccccc1Cl. The minimum atomic E-state index is -0.863. The summed E-state index contributed by atoms with van der Waals surface area (Å²) in [5.41, 5.74) is 0.734. The largest absolute Gasteiger partial charge is 0.482 e. The van der Waals surface area contributed by atoms with Gasteiger partial charge in [0, 0.05) is 14.5 Å². The standard InChI is InChI=1S/C25H15Br3ClN3O5/c26-14-5-7-16(8-6-14)32-24(35)17(23(34)31-25(32)36)10-13-9-15(27)11-18(28)22(13)37-12-21(33)30-20-4-2-1-3-19(20)29/h1-11H,12H2,(H,30,33)(H,31,34,36)/b17-10+. The van der Waals surface area contributed by atoms with Crippen LogP contribution in [0.15, 0.2) is 79.7 Å². The van der Waals surface area contributed by atoms with E-state index in [1.807, 2.05) is 0 Å². The second kappa shape index (κ2) is 11.6. The quantitative estimate of drug-likeness (QED) is 0.230. The number of carbonyl (C=O) groups is 4.